The van der Waals surface area contributed by atoms with Gasteiger partial charge in [0, 0.05) is 41.9 Å². The summed E-state index contributed by atoms with van der Waals surface area (Å²) in [7, 11) is 1.62. The van der Waals surface area contributed by atoms with E-state index in [-0.39, 0.29) is 16.9 Å². The van der Waals surface area contributed by atoms with Gasteiger partial charge in [-0.1, -0.05) is 64.8 Å². The molecular formula is C64H72N2O14. The Bertz CT molecular complexity index is 2980. The maximum atomic E-state index is 13.4. The van der Waals surface area contributed by atoms with Crippen LogP contribution in [0.25, 0.3) is 33.5 Å². The predicted molar refractivity (Wildman–Crippen MR) is 306 cm³/mol. The molecule has 16 heteroatoms. The fraction of sp³-hybridized carbons (Fsp3) is 0.328. The van der Waals surface area contributed by atoms with E-state index in [1.807, 2.05) is 45.0 Å². The predicted octanol–water partition coefficient (Wildman–Crippen LogP) is 12.6. The minimum absolute atomic E-state index is 0.0949. The molecule has 0 aliphatic carbocycles. The Balaban J connectivity index is 0.00000136. The van der Waals surface area contributed by atoms with Gasteiger partial charge >= 0.3 is 23.9 Å². The Hall–Kier alpha value is -8.47. The van der Waals surface area contributed by atoms with Gasteiger partial charge in [0.05, 0.1) is 79.8 Å². The van der Waals surface area contributed by atoms with Crippen LogP contribution in [-0.2, 0) is 33.3 Å². The highest BCUT2D eigenvalue weighted by Gasteiger charge is 2.19. The number of nitrogens with zero attached hydrogens (tertiary/aromatic N) is 2. The fourth-order valence-electron chi connectivity index (χ4n) is 7.37. The summed E-state index contributed by atoms with van der Waals surface area (Å²) in [6.07, 6.45) is 10.5. The topological polar surface area (TPSA) is 194 Å². The smallest absolute Gasteiger partial charge is 0.343 e. The first-order valence-corrected chi connectivity index (χ1v) is 26.6. The summed E-state index contributed by atoms with van der Waals surface area (Å²) in [5.74, 6) is 0.566. The number of ketones is 1. The van der Waals surface area contributed by atoms with Crippen molar-refractivity contribution < 1.29 is 66.6 Å². The molecule has 80 heavy (non-hydrogen) atoms. The van der Waals surface area contributed by atoms with Crippen molar-refractivity contribution in [1.82, 2.24) is 9.97 Å². The number of ether oxygens (including phenoxy) is 9. The zero-order chi connectivity index (χ0) is 57.5. The van der Waals surface area contributed by atoms with Gasteiger partial charge in [0.15, 0.2) is 5.78 Å². The molecular weight excluding hydrogens is 1020 g/mol. The van der Waals surface area contributed by atoms with Crippen molar-refractivity contribution in [3.05, 3.63) is 164 Å². The van der Waals surface area contributed by atoms with Gasteiger partial charge in [0.2, 0.25) is 0 Å². The summed E-state index contributed by atoms with van der Waals surface area (Å²) < 4.78 is 50.1. The number of methoxy groups -OCH3 is 1. The minimum Gasteiger partial charge on any atom is -0.494 e. The highest BCUT2D eigenvalue weighted by molar-refractivity contribution is 5.94. The summed E-state index contributed by atoms with van der Waals surface area (Å²) in [6, 6.07) is 33.0. The van der Waals surface area contributed by atoms with E-state index < -0.39 is 23.9 Å². The molecule has 0 amide bonds. The molecule has 0 unspecified atom stereocenters. The zero-order valence-corrected chi connectivity index (χ0v) is 46.2. The first-order chi connectivity index (χ1) is 38.7. The molecule has 0 saturated carbocycles. The van der Waals surface area contributed by atoms with Crippen LogP contribution in [0.4, 0.5) is 0 Å². The molecule has 1 aromatic heterocycles. The first kappa shape index (κ1) is 62.4. The van der Waals surface area contributed by atoms with Crippen molar-refractivity contribution in [2.24, 2.45) is 5.41 Å². The van der Waals surface area contributed by atoms with Gasteiger partial charge in [0.25, 0.3) is 0 Å². The molecule has 0 fully saturated rings. The molecule has 0 aliphatic rings. The Kier molecular flexibility index (Phi) is 26.3. The third-order valence-electron chi connectivity index (χ3n) is 11.7. The van der Waals surface area contributed by atoms with E-state index in [1.54, 1.807) is 98.1 Å². The number of hydrogen-bond donors (Lipinski definition) is 0. The highest BCUT2D eigenvalue weighted by Crippen LogP contribution is 2.35. The lowest BCUT2D eigenvalue weighted by Gasteiger charge is -2.14. The van der Waals surface area contributed by atoms with E-state index in [2.05, 4.69) is 19.7 Å². The maximum Gasteiger partial charge on any atom is 0.343 e. The molecule has 0 N–H and O–H groups in total. The third kappa shape index (κ3) is 21.7. The van der Waals surface area contributed by atoms with E-state index in [1.165, 1.54) is 6.08 Å². The Morgan fingerprint density at radius 3 is 1.32 bits per heavy atom. The molecule has 0 bridgehead atoms. The molecule has 0 saturated heterocycles. The van der Waals surface area contributed by atoms with Crippen LogP contribution in [0, 0.1) is 5.41 Å². The van der Waals surface area contributed by atoms with Crippen LogP contribution >= 0.6 is 0 Å². The van der Waals surface area contributed by atoms with Crippen molar-refractivity contribution in [1.29, 1.82) is 0 Å². The van der Waals surface area contributed by atoms with E-state index in [0.717, 1.165) is 63.5 Å². The largest absolute Gasteiger partial charge is 0.494 e. The number of hydrogen-bond acceptors (Lipinski definition) is 16. The number of carbonyl (C=O) groups is 5. The Morgan fingerprint density at radius 1 is 0.450 bits per heavy atom. The van der Waals surface area contributed by atoms with Crippen LogP contribution in [0.3, 0.4) is 0 Å². The minimum atomic E-state index is -0.556. The summed E-state index contributed by atoms with van der Waals surface area (Å²) in [5, 5.41) is 0. The molecule has 6 aromatic rings. The monoisotopic (exact) mass is 1090 g/mol. The number of esters is 4. The molecule has 16 nitrogen and oxygen atoms in total. The second kappa shape index (κ2) is 33.7. The normalized spacial score (nSPS) is 10.8. The van der Waals surface area contributed by atoms with Crippen LogP contribution in [0.2, 0.25) is 0 Å². The lowest BCUT2D eigenvalue weighted by molar-refractivity contribution is -0.138. The quantitative estimate of drug-likeness (QED) is 0.0167. The van der Waals surface area contributed by atoms with E-state index in [9.17, 15) is 24.0 Å². The molecule has 0 atom stereocenters. The zero-order valence-electron chi connectivity index (χ0n) is 46.2. The van der Waals surface area contributed by atoms with Gasteiger partial charge in [0.1, 0.15) is 35.4 Å². The molecule has 422 valence electrons. The average Bonchev–Trinajstić information content (AvgIpc) is 3.48. The third-order valence-corrected chi connectivity index (χ3v) is 11.7. The van der Waals surface area contributed by atoms with Crippen LogP contribution in [-0.4, -0.2) is 99.6 Å². The number of rotatable bonds is 32. The van der Waals surface area contributed by atoms with Crippen molar-refractivity contribution in [2.45, 2.75) is 72.1 Å². The summed E-state index contributed by atoms with van der Waals surface area (Å²) in [6.45, 7) is 19.2. The van der Waals surface area contributed by atoms with Gasteiger partial charge in [-0.3, -0.25) is 4.79 Å². The number of aromatic nitrogens is 2. The van der Waals surface area contributed by atoms with Gasteiger partial charge in [-0.2, -0.15) is 0 Å². The lowest BCUT2D eigenvalue weighted by Crippen LogP contribution is -2.16. The molecule has 0 aliphatic heterocycles. The van der Waals surface area contributed by atoms with Crippen LogP contribution in [0.5, 0.6) is 28.7 Å². The fourth-order valence-corrected chi connectivity index (χ4v) is 7.37. The second-order valence-electron chi connectivity index (χ2n) is 19.0. The van der Waals surface area contributed by atoms with Crippen molar-refractivity contribution in [2.75, 3.05) is 60.0 Å². The average molecular weight is 1090 g/mol. The van der Waals surface area contributed by atoms with E-state index in [0.29, 0.717) is 121 Å². The number of unbranched alkanes of at least 4 members (excludes halogenated alkanes) is 6. The Morgan fingerprint density at radius 2 is 0.887 bits per heavy atom. The van der Waals surface area contributed by atoms with Gasteiger partial charge in [-0.15, -0.1) is 0 Å². The summed E-state index contributed by atoms with van der Waals surface area (Å²) in [4.78, 5) is 70.0. The number of allylic oxidation sites excluding steroid dienone is 1. The van der Waals surface area contributed by atoms with E-state index >= 15 is 0 Å². The Labute approximate surface area is 468 Å². The van der Waals surface area contributed by atoms with Crippen molar-refractivity contribution in [3.8, 4) is 51.3 Å². The van der Waals surface area contributed by atoms with Gasteiger partial charge < -0.3 is 42.6 Å². The van der Waals surface area contributed by atoms with Gasteiger partial charge in [-0.25, -0.2) is 29.1 Å². The standard InChI is InChI=1S/C57H60N2O13.C7H12O/c1-4-52(60)69-32-12-8-6-10-30-66-45-24-20-41(21-25-45)56(62)71-48-18-14-16-43(38-48)54-55(59-51-40-47(28-29-50(51)58-54)68-37-36-65-35-34-64-3)44-17-15-19-49(39-44)72-57(63)42-22-26-46(27-23-42)67-31-11-7-9-13-33-70-53(61)5-2;1-5-6(8)7(2,3)4/h4-5,14-29,38-40H,1-2,6-13,30-37H2,3H3;5H,1H2,2-4H3. The van der Waals surface area contributed by atoms with Crippen LogP contribution in [0.1, 0.15) is 92.9 Å². The molecule has 0 radical (unpaired) electrons. The summed E-state index contributed by atoms with van der Waals surface area (Å²) in [5.41, 5.74) is 3.78. The maximum absolute atomic E-state index is 13.4. The number of carbonyl (C=O) groups excluding carboxylic acids is 5. The first-order valence-electron chi connectivity index (χ1n) is 26.6. The van der Waals surface area contributed by atoms with Crippen LogP contribution in [0.15, 0.2) is 153 Å². The number of fused-ring (bicyclic) bond motifs is 1. The van der Waals surface area contributed by atoms with Gasteiger partial charge in [-0.05, 0) is 142 Å². The second-order valence-corrected chi connectivity index (χ2v) is 19.0. The van der Waals surface area contributed by atoms with Crippen molar-refractivity contribution >= 4 is 40.7 Å². The molecule has 5 aromatic carbocycles. The SMILES string of the molecule is C=CC(=O)C(C)(C)C.C=CC(=O)OCCCCCCOc1ccc(C(=O)Oc2cccc(-c3nc4ccc(OCCOCCOC)cc4nc3-c3cccc(OC(=O)c4ccc(OCCCCCCOC(=O)C=C)cc4)c3)c2)cc1. The number of benzene rings is 5. The molecule has 1 heterocycles. The van der Waals surface area contributed by atoms with Crippen molar-refractivity contribution in [3.63, 3.8) is 0 Å². The highest BCUT2D eigenvalue weighted by atomic mass is 16.6. The van der Waals surface area contributed by atoms with E-state index in [4.69, 9.17) is 52.6 Å². The molecule has 6 rings (SSSR count). The lowest BCUT2D eigenvalue weighted by atomic mass is 9.91. The van der Waals surface area contributed by atoms with Crippen LogP contribution < -0.4 is 23.7 Å². The molecule has 0 spiro atoms. The summed E-state index contributed by atoms with van der Waals surface area (Å²) >= 11 is 0.